The molecule has 0 aliphatic rings. The molecule has 0 radical (unpaired) electrons. The summed E-state index contributed by atoms with van der Waals surface area (Å²) in [5.41, 5.74) is 3.49. The van der Waals surface area contributed by atoms with Crippen LogP contribution in [0.1, 0.15) is 16.7 Å². The maximum atomic E-state index is 12.1. The van der Waals surface area contributed by atoms with Crippen molar-refractivity contribution in [3.8, 4) is 5.75 Å². The first-order valence-corrected chi connectivity index (χ1v) is 8.67. The van der Waals surface area contributed by atoms with Crippen LogP contribution in [-0.4, -0.2) is 25.5 Å². The van der Waals surface area contributed by atoms with Gasteiger partial charge in [0, 0.05) is 17.2 Å². The molecule has 2 N–H and O–H groups in total. The fraction of sp³-hybridized carbons (Fsp3) is 0.263. The van der Waals surface area contributed by atoms with Crippen LogP contribution in [-0.2, 0) is 16.0 Å². The number of halogens is 1. The van der Waals surface area contributed by atoms with Crippen molar-refractivity contribution in [1.29, 1.82) is 0 Å². The zero-order valence-corrected chi connectivity index (χ0v) is 16.1. The van der Waals surface area contributed by atoms with Gasteiger partial charge in [0.2, 0.25) is 5.91 Å². The molecule has 2 aromatic rings. The molecule has 0 saturated heterocycles. The highest BCUT2D eigenvalue weighted by Crippen LogP contribution is 2.27. The van der Waals surface area contributed by atoms with Gasteiger partial charge in [0.1, 0.15) is 5.75 Å². The Balaban J connectivity index is 1.91. The quantitative estimate of drug-likeness (QED) is 0.775. The number of anilines is 1. The van der Waals surface area contributed by atoms with Gasteiger partial charge in [0.05, 0.1) is 6.42 Å². The Bertz CT molecular complexity index is 750. The van der Waals surface area contributed by atoms with Gasteiger partial charge in [0.25, 0.3) is 5.91 Å². The van der Waals surface area contributed by atoms with E-state index in [0.29, 0.717) is 12.1 Å². The number of nitrogens with one attached hydrogen (secondary N) is 2. The Morgan fingerprint density at radius 2 is 1.64 bits per heavy atom. The Kier molecular flexibility index (Phi) is 6.58. The third-order valence-corrected chi connectivity index (χ3v) is 4.11. The average molecular weight is 405 g/mol. The number of carbonyl (C=O) groups is 2. The fourth-order valence-corrected chi connectivity index (χ4v) is 3.13. The summed E-state index contributed by atoms with van der Waals surface area (Å²) in [4.78, 5) is 23.4. The second kappa shape index (κ2) is 8.67. The topological polar surface area (TPSA) is 67.4 Å². The molecule has 0 unspecified atom stereocenters. The summed E-state index contributed by atoms with van der Waals surface area (Å²) >= 11 is 3.44. The molecule has 6 heteroatoms. The van der Waals surface area contributed by atoms with E-state index >= 15 is 0 Å². The van der Waals surface area contributed by atoms with Crippen molar-refractivity contribution in [2.75, 3.05) is 19.0 Å². The van der Waals surface area contributed by atoms with Crippen molar-refractivity contribution in [3.63, 3.8) is 0 Å². The second-order valence-corrected chi connectivity index (χ2v) is 6.67. The Labute approximate surface area is 155 Å². The van der Waals surface area contributed by atoms with Crippen molar-refractivity contribution < 1.29 is 14.3 Å². The lowest BCUT2D eigenvalue weighted by atomic mass is 10.1. The van der Waals surface area contributed by atoms with E-state index in [-0.39, 0.29) is 18.4 Å². The lowest BCUT2D eigenvalue weighted by molar-refractivity contribution is -0.120. The van der Waals surface area contributed by atoms with Gasteiger partial charge in [0.15, 0.2) is 6.61 Å². The number of carbonyl (C=O) groups excluding carboxylic acids is 2. The molecule has 2 rings (SSSR count). The molecule has 2 amide bonds. The summed E-state index contributed by atoms with van der Waals surface area (Å²) in [7, 11) is 1.60. The van der Waals surface area contributed by atoms with Gasteiger partial charge in [-0.2, -0.15) is 0 Å². The van der Waals surface area contributed by atoms with Crippen molar-refractivity contribution in [1.82, 2.24) is 5.32 Å². The van der Waals surface area contributed by atoms with Crippen LogP contribution < -0.4 is 15.4 Å². The normalized spacial score (nSPS) is 10.2. The summed E-state index contributed by atoms with van der Waals surface area (Å²) < 4.78 is 6.64. The van der Waals surface area contributed by atoms with Crippen LogP contribution in [0.15, 0.2) is 40.9 Å². The molecule has 0 aliphatic carbocycles. The van der Waals surface area contributed by atoms with Gasteiger partial charge in [-0.05, 0) is 54.8 Å². The Morgan fingerprint density at radius 1 is 1.04 bits per heavy atom. The number of amides is 2. The van der Waals surface area contributed by atoms with Crippen LogP contribution in [0.3, 0.4) is 0 Å². The molecule has 0 fully saturated rings. The summed E-state index contributed by atoms with van der Waals surface area (Å²) in [5.74, 6) is 0.436. The zero-order chi connectivity index (χ0) is 18.4. The minimum Gasteiger partial charge on any atom is -0.483 e. The third kappa shape index (κ3) is 5.60. The third-order valence-electron chi connectivity index (χ3n) is 3.65. The minimum atomic E-state index is -0.235. The molecule has 0 bridgehead atoms. The monoisotopic (exact) mass is 404 g/mol. The van der Waals surface area contributed by atoms with E-state index in [4.69, 9.17) is 4.74 Å². The molecule has 0 saturated carbocycles. The standard InChI is InChI=1S/C19H21BrN2O3/c1-12-8-15(20)9-13(2)19(12)25-11-18(24)22-16-6-4-14(5-7-16)10-17(23)21-3/h4-9H,10-11H2,1-3H3,(H,21,23)(H,22,24). The van der Waals surface area contributed by atoms with Gasteiger partial charge in [-0.15, -0.1) is 0 Å². The van der Waals surface area contributed by atoms with E-state index in [1.807, 2.05) is 38.1 Å². The molecule has 5 nitrogen and oxygen atoms in total. The molecule has 132 valence electrons. The van der Waals surface area contributed by atoms with Crippen molar-refractivity contribution in [2.24, 2.45) is 0 Å². The number of ether oxygens (including phenoxy) is 1. The number of likely N-dealkylation sites (N-methyl/N-ethyl adjacent to an activating group) is 1. The van der Waals surface area contributed by atoms with E-state index < -0.39 is 0 Å². The molecular formula is C19H21BrN2O3. The van der Waals surface area contributed by atoms with E-state index in [2.05, 4.69) is 26.6 Å². The number of rotatable bonds is 6. The van der Waals surface area contributed by atoms with Crippen LogP contribution in [0.5, 0.6) is 5.75 Å². The predicted molar refractivity (Wildman–Crippen MR) is 102 cm³/mol. The lowest BCUT2D eigenvalue weighted by Crippen LogP contribution is -2.21. The first kappa shape index (κ1) is 19.0. The van der Waals surface area contributed by atoms with Gasteiger partial charge in [-0.1, -0.05) is 28.1 Å². The summed E-state index contributed by atoms with van der Waals surface area (Å²) in [6, 6.07) is 11.1. The molecule has 0 aromatic heterocycles. The molecule has 0 atom stereocenters. The predicted octanol–water partition coefficient (Wildman–Crippen LogP) is 3.37. The number of hydrogen-bond donors (Lipinski definition) is 2. The highest BCUT2D eigenvalue weighted by Gasteiger charge is 2.09. The van der Waals surface area contributed by atoms with Gasteiger partial charge < -0.3 is 15.4 Å². The second-order valence-electron chi connectivity index (χ2n) is 5.75. The van der Waals surface area contributed by atoms with E-state index in [9.17, 15) is 9.59 Å². The highest BCUT2D eigenvalue weighted by atomic mass is 79.9. The van der Waals surface area contributed by atoms with Crippen molar-refractivity contribution >= 4 is 33.4 Å². The van der Waals surface area contributed by atoms with Crippen LogP contribution in [0, 0.1) is 13.8 Å². The van der Waals surface area contributed by atoms with Crippen LogP contribution in [0.25, 0.3) is 0 Å². The molecular weight excluding hydrogens is 384 g/mol. The van der Waals surface area contributed by atoms with Crippen molar-refractivity contribution in [3.05, 3.63) is 57.6 Å². The SMILES string of the molecule is CNC(=O)Cc1ccc(NC(=O)COc2c(C)cc(Br)cc2C)cc1. The largest absolute Gasteiger partial charge is 0.483 e. The molecule has 25 heavy (non-hydrogen) atoms. The summed E-state index contributed by atoms with van der Waals surface area (Å²) in [5, 5.41) is 5.36. The van der Waals surface area contributed by atoms with Crippen LogP contribution >= 0.6 is 15.9 Å². The molecule has 0 spiro atoms. The fourth-order valence-electron chi connectivity index (χ4n) is 2.44. The maximum absolute atomic E-state index is 12.1. The number of aryl methyl sites for hydroxylation is 2. The molecule has 0 heterocycles. The van der Waals surface area contributed by atoms with Crippen LogP contribution in [0.2, 0.25) is 0 Å². The maximum Gasteiger partial charge on any atom is 0.262 e. The van der Waals surface area contributed by atoms with Crippen LogP contribution in [0.4, 0.5) is 5.69 Å². The van der Waals surface area contributed by atoms with E-state index in [0.717, 1.165) is 26.9 Å². The van der Waals surface area contributed by atoms with E-state index in [1.54, 1.807) is 19.2 Å². The Morgan fingerprint density at radius 3 is 2.20 bits per heavy atom. The number of benzene rings is 2. The smallest absolute Gasteiger partial charge is 0.262 e. The van der Waals surface area contributed by atoms with E-state index in [1.165, 1.54) is 0 Å². The summed E-state index contributed by atoms with van der Waals surface area (Å²) in [6.07, 6.45) is 0.315. The summed E-state index contributed by atoms with van der Waals surface area (Å²) in [6.45, 7) is 3.82. The first-order valence-electron chi connectivity index (χ1n) is 7.88. The highest BCUT2D eigenvalue weighted by molar-refractivity contribution is 9.10. The van der Waals surface area contributed by atoms with Crippen molar-refractivity contribution in [2.45, 2.75) is 20.3 Å². The Hall–Kier alpha value is -2.34. The van der Waals surface area contributed by atoms with Gasteiger partial charge >= 0.3 is 0 Å². The van der Waals surface area contributed by atoms with Gasteiger partial charge in [-0.25, -0.2) is 0 Å². The molecule has 0 aliphatic heterocycles. The average Bonchev–Trinajstić information content (AvgIpc) is 2.55. The van der Waals surface area contributed by atoms with Gasteiger partial charge in [-0.3, -0.25) is 9.59 Å². The first-order chi connectivity index (χ1) is 11.9. The lowest BCUT2D eigenvalue weighted by Gasteiger charge is -2.13. The minimum absolute atomic E-state index is 0.0505. The number of hydrogen-bond acceptors (Lipinski definition) is 3. The molecule has 2 aromatic carbocycles. The zero-order valence-electron chi connectivity index (χ0n) is 14.5.